The Bertz CT molecular complexity index is 424. The molecular weight excluding hydrogens is 180 g/mol. The molecule has 0 heterocycles. The molecule has 0 saturated carbocycles. The van der Waals surface area contributed by atoms with Gasteiger partial charge in [0, 0.05) is 0 Å². The van der Waals surface area contributed by atoms with Crippen LogP contribution in [-0.2, 0) is 0 Å². The average Bonchev–Trinajstić information content (AvgIpc) is 2.19. The van der Waals surface area contributed by atoms with Crippen molar-refractivity contribution >= 4 is 0 Å². The van der Waals surface area contributed by atoms with E-state index >= 15 is 0 Å². The van der Waals surface area contributed by atoms with Gasteiger partial charge in [-0.05, 0) is 25.0 Å². The third kappa shape index (κ3) is 2.69. The summed E-state index contributed by atoms with van der Waals surface area (Å²) in [6.07, 6.45) is 0. The van der Waals surface area contributed by atoms with E-state index < -0.39 is 0 Å². The minimum absolute atomic E-state index is 0. The van der Waals surface area contributed by atoms with Gasteiger partial charge < -0.3 is 0 Å². The summed E-state index contributed by atoms with van der Waals surface area (Å²) in [5, 5.41) is 0. The molecule has 0 N–H and O–H groups in total. The highest BCUT2D eigenvalue weighted by atomic mass is 14.0. The van der Waals surface area contributed by atoms with Crippen LogP contribution in [0.5, 0.6) is 0 Å². The summed E-state index contributed by atoms with van der Waals surface area (Å²) >= 11 is 0. The first kappa shape index (κ1) is 11.5. The van der Waals surface area contributed by atoms with Crippen LogP contribution in [0, 0.1) is 13.8 Å². The zero-order chi connectivity index (χ0) is 9.97. The summed E-state index contributed by atoms with van der Waals surface area (Å²) in [7, 11) is 0. The molecule has 2 aromatic carbocycles. The molecule has 2 aromatic rings. The second-order valence-electron chi connectivity index (χ2n) is 3.74. The van der Waals surface area contributed by atoms with E-state index in [1.165, 1.54) is 22.3 Å². The molecule has 0 heteroatoms. The maximum absolute atomic E-state index is 2.21. The van der Waals surface area contributed by atoms with Crippen LogP contribution in [0.3, 0.4) is 0 Å². The summed E-state index contributed by atoms with van der Waals surface area (Å²) < 4.78 is 0. The van der Waals surface area contributed by atoms with Gasteiger partial charge in [-0.2, -0.15) is 0 Å². The molecule has 78 valence electrons. The van der Waals surface area contributed by atoms with E-state index in [1.54, 1.807) is 0 Å². The Balaban J connectivity index is 0.00000112. The Morgan fingerprint density at radius 3 is 1.93 bits per heavy atom. The summed E-state index contributed by atoms with van der Waals surface area (Å²) in [5.41, 5.74) is 5.20. The van der Waals surface area contributed by atoms with Crippen molar-refractivity contribution in [2.45, 2.75) is 21.3 Å². The number of hydrogen-bond donors (Lipinski definition) is 0. The topological polar surface area (TPSA) is 0 Å². The van der Waals surface area contributed by atoms with E-state index in [0.29, 0.717) is 0 Å². The van der Waals surface area contributed by atoms with Gasteiger partial charge in [0.1, 0.15) is 0 Å². The fourth-order valence-electron chi connectivity index (χ4n) is 1.57. The van der Waals surface area contributed by atoms with Crippen LogP contribution in [0.25, 0.3) is 11.1 Å². The van der Waals surface area contributed by atoms with Crippen LogP contribution in [0.1, 0.15) is 18.6 Å². The predicted octanol–water partition coefficient (Wildman–Crippen LogP) is 4.61. The Labute approximate surface area is 92.6 Å². The van der Waals surface area contributed by atoms with Gasteiger partial charge >= 0.3 is 0 Å². The SMILES string of the molecule is C.Cc1ccc(-c2cccc(C)c2)cc1. The zero-order valence-electron chi connectivity index (χ0n) is 8.62. The van der Waals surface area contributed by atoms with Gasteiger partial charge in [-0.15, -0.1) is 0 Å². The maximum atomic E-state index is 2.21. The van der Waals surface area contributed by atoms with Gasteiger partial charge in [0.15, 0.2) is 0 Å². The van der Waals surface area contributed by atoms with E-state index in [4.69, 9.17) is 0 Å². The lowest BCUT2D eigenvalue weighted by atomic mass is 10.0. The molecule has 15 heavy (non-hydrogen) atoms. The van der Waals surface area contributed by atoms with Gasteiger partial charge in [0.05, 0.1) is 0 Å². The number of hydrogen-bond acceptors (Lipinski definition) is 0. The number of rotatable bonds is 1. The van der Waals surface area contributed by atoms with E-state index in [9.17, 15) is 0 Å². The van der Waals surface area contributed by atoms with Crippen LogP contribution < -0.4 is 0 Å². The molecule has 0 saturated heterocycles. The van der Waals surface area contributed by atoms with E-state index in [-0.39, 0.29) is 7.43 Å². The average molecular weight is 198 g/mol. The van der Waals surface area contributed by atoms with E-state index in [1.807, 2.05) is 0 Å². The Hall–Kier alpha value is -1.56. The predicted molar refractivity (Wildman–Crippen MR) is 68.1 cm³/mol. The second kappa shape index (κ2) is 4.79. The monoisotopic (exact) mass is 198 g/mol. The van der Waals surface area contributed by atoms with Crippen molar-refractivity contribution in [1.29, 1.82) is 0 Å². The lowest BCUT2D eigenvalue weighted by molar-refractivity contribution is 1.44. The number of aryl methyl sites for hydroxylation is 2. The lowest BCUT2D eigenvalue weighted by Gasteiger charge is -2.02. The highest BCUT2D eigenvalue weighted by Crippen LogP contribution is 2.20. The fourth-order valence-corrected chi connectivity index (χ4v) is 1.57. The summed E-state index contributed by atoms with van der Waals surface area (Å²) in [6, 6.07) is 17.2. The third-order valence-corrected chi connectivity index (χ3v) is 2.40. The van der Waals surface area contributed by atoms with Crippen molar-refractivity contribution in [2.24, 2.45) is 0 Å². The molecule has 0 nitrogen and oxygen atoms in total. The van der Waals surface area contributed by atoms with Crippen LogP contribution in [0.4, 0.5) is 0 Å². The molecule has 0 aliphatic heterocycles. The Kier molecular flexibility index (Phi) is 3.68. The van der Waals surface area contributed by atoms with Gasteiger partial charge in [0.2, 0.25) is 0 Å². The molecule has 0 amide bonds. The minimum atomic E-state index is 0. The van der Waals surface area contributed by atoms with Crippen molar-refractivity contribution in [3.63, 3.8) is 0 Å². The normalized spacial score (nSPS) is 9.47. The summed E-state index contributed by atoms with van der Waals surface area (Å²) in [4.78, 5) is 0. The van der Waals surface area contributed by atoms with Crippen molar-refractivity contribution in [3.05, 3.63) is 59.7 Å². The molecule has 0 spiro atoms. The first-order valence-electron chi connectivity index (χ1n) is 4.89. The van der Waals surface area contributed by atoms with Gasteiger partial charge in [0.25, 0.3) is 0 Å². The fraction of sp³-hybridized carbons (Fsp3) is 0.200. The van der Waals surface area contributed by atoms with E-state index in [0.717, 1.165) is 0 Å². The van der Waals surface area contributed by atoms with Crippen molar-refractivity contribution in [2.75, 3.05) is 0 Å². The Morgan fingerprint density at radius 2 is 1.33 bits per heavy atom. The molecule has 0 fully saturated rings. The zero-order valence-corrected chi connectivity index (χ0v) is 8.62. The number of benzene rings is 2. The summed E-state index contributed by atoms with van der Waals surface area (Å²) in [5.74, 6) is 0. The van der Waals surface area contributed by atoms with Gasteiger partial charge in [-0.3, -0.25) is 0 Å². The minimum Gasteiger partial charge on any atom is -0.0776 e. The molecular formula is C15H18. The molecule has 0 aliphatic rings. The standard InChI is InChI=1S/C14H14.CH4/c1-11-6-8-13(9-7-11)14-5-3-4-12(2)10-14;/h3-10H,1-2H3;1H4. The van der Waals surface area contributed by atoms with Crippen LogP contribution in [0.2, 0.25) is 0 Å². The van der Waals surface area contributed by atoms with Crippen LogP contribution in [0.15, 0.2) is 48.5 Å². The lowest BCUT2D eigenvalue weighted by Crippen LogP contribution is -1.79. The molecule has 0 unspecified atom stereocenters. The molecule has 0 atom stereocenters. The quantitative estimate of drug-likeness (QED) is 0.628. The highest BCUT2D eigenvalue weighted by Gasteiger charge is 1.96. The molecule has 0 radical (unpaired) electrons. The van der Waals surface area contributed by atoms with Crippen LogP contribution >= 0.6 is 0 Å². The first-order valence-corrected chi connectivity index (χ1v) is 4.89. The van der Waals surface area contributed by atoms with E-state index in [2.05, 4.69) is 62.4 Å². The van der Waals surface area contributed by atoms with Crippen molar-refractivity contribution in [3.8, 4) is 11.1 Å². The van der Waals surface area contributed by atoms with Crippen LogP contribution in [-0.4, -0.2) is 0 Å². The third-order valence-electron chi connectivity index (χ3n) is 2.40. The molecule has 2 rings (SSSR count). The molecule has 0 bridgehead atoms. The molecule has 0 aliphatic carbocycles. The van der Waals surface area contributed by atoms with Crippen molar-refractivity contribution < 1.29 is 0 Å². The summed E-state index contributed by atoms with van der Waals surface area (Å²) in [6.45, 7) is 4.23. The van der Waals surface area contributed by atoms with Gasteiger partial charge in [-0.25, -0.2) is 0 Å². The maximum Gasteiger partial charge on any atom is -0.0181 e. The Morgan fingerprint density at radius 1 is 0.667 bits per heavy atom. The highest BCUT2D eigenvalue weighted by molar-refractivity contribution is 5.64. The largest absolute Gasteiger partial charge is 0.0776 e. The van der Waals surface area contributed by atoms with Gasteiger partial charge in [-0.1, -0.05) is 67.1 Å². The smallest absolute Gasteiger partial charge is 0.0181 e. The van der Waals surface area contributed by atoms with Crippen molar-refractivity contribution in [1.82, 2.24) is 0 Å². The molecule has 0 aromatic heterocycles. The second-order valence-corrected chi connectivity index (χ2v) is 3.74. The first-order chi connectivity index (χ1) is 6.75.